The van der Waals surface area contributed by atoms with E-state index in [0.29, 0.717) is 0 Å². The highest BCUT2D eigenvalue weighted by Crippen LogP contribution is 2.45. The van der Waals surface area contributed by atoms with Crippen LogP contribution < -0.4 is 0 Å². The SMILES string of the molecule is CC(C)=CC(=O)O[C@H]1[C@H](O)[C@H]2OC(C)(C)O[C@H]2[C@@H]2OC(C)(C)O[C@@H]21. The van der Waals surface area contributed by atoms with E-state index in [0.717, 1.165) is 5.57 Å². The molecule has 6 atom stereocenters. The van der Waals surface area contributed by atoms with Gasteiger partial charge in [-0.1, -0.05) is 5.57 Å². The maximum Gasteiger partial charge on any atom is 0.331 e. The lowest BCUT2D eigenvalue weighted by atomic mass is 9.85. The largest absolute Gasteiger partial charge is 0.453 e. The van der Waals surface area contributed by atoms with Gasteiger partial charge in [0.1, 0.15) is 30.5 Å². The molecule has 1 saturated carbocycles. The number of fused-ring (bicyclic) bond motifs is 3. The molecule has 3 fully saturated rings. The summed E-state index contributed by atoms with van der Waals surface area (Å²) in [7, 11) is 0. The van der Waals surface area contributed by atoms with Crippen LogP contribution in [0.15, 0.2) is 11.6 Å². The smallest absolute Gasteiger partial charge is 0.331 e. The van der Waals surface area contributed by atoms with E-state index >= 15 is 0 Å². The summed E-state index contributed by atoms with van der Waals surface area (Å²) < 4.78 is 29.1. The first-order chi connectivity index (χ1) is 11.0. The van der Waals surface area contributed by atoms with Gasteiger partial charge in [-0.05, 0) is 41.5 Å². The van der Waals surface area contributed by atoms with Crippen LogP contribution >= 0.6 is 0 Å². The summed E-state index contributed by atoms with van der Waals surface area (Å²) >= 11 is 0. The average Bonchev–Trinajstić information content (AvgIpc) is 2.89. The van der Waals surface area contributed by atoms with E-state index in [1.54, 1.807) is 41.5 Å². The lowest BCUT2D eigenvalue weighted by Gasteiger charge is -2.40. The van der Waals surface area contributed by atoms with Crippen LogP contribution in [-0.4, -0.2) is 59.3 Å². The molecule has 0 bridgehead atoms. The van der Waals surface area contributed by atoms with Crippen molar-refractivity contribution < 1.29 is 33.6 Å². The number of allylic oxidation sites excluding steroid dienone is 1. The fraction of sp³-hybridized carbons (Fsp3) is 0.824. The fourth-order valence-electron chi connectivity index (χ4n) is 3.58. The van der Waals surface area contributed by atoms with Crippen molar-refractivity contribution in [2.75, 3.05) is 0 Å². The van der Waals surface area contributed by atoms with Gasteiger partial charge in [0.25, 0.3) is 0 Å². The summed E-state index contributed by atoms with van der Waals surface area (Å²) in [5, 5.41) is 10.7. The van der Waals surface area contributed by atoms with Crippen molar-refractivity contribution in [3.8, 4) is 0 Å². The monoisotopic (exact) mass is 342 g/mol. The number of aliphatic hydroxyl groups excluding tert-OH is 1. The Morgan fingerprint density at radius 3 is 1.92 bits per heavy atom. The Labute approximate surface area is 141 Å². The van der Waals surface area contributed by atoms with E-state index in [4.69, 9.17) is 23.7 Å². The Kier molecular flexibility index (Phi) is 4.29. The standard InChI is InChI=1S/C17H26O7/c1-8(2)7-9(18)20-11-10(19)12-14(23-16(3,4)21-12)15-13(11)22-17(5,6)24-15/h7,10-15,19H,1-6H3/t10-,11-,12+,13+,14+,15+/m0/s1. The van der Waals surface area contributed by atoms with Crippen LogP contribution in [0, 0.1) is 0 Å². The molecule has 24 heavy (non-hydrogen) atoms. The number of hydrogen-bond donors (Lipinski definition) is 1. The van der Waals surface area contributed by atoms with Gasteiger partial charge < -0.3 is 28.8 Å². The zero-order valence-electron chi connectivity index (χ0n) is 14.9. The van der Waals surface area contributed by atoms with Crippen LogP contribution in [0.3, 0.4) is 0 Å². The van der Waals surface area contributed by atoms with Gasteiger partial charge in [-0.3, -0.25) is 0 Å². The molecule has 136 valence electrons. The van der Waals surface area contributed by atoms with E-state index in [2.05, 4.69) is 0 Å². The highest BCUT2D eigenvalue weighted by molar-refractivity contribution is 5.82. The lowest BCUT2D eigenvalue weighted by Crippen LogP contribution is -2.62. The van der Waals surface area contributed by atoms with Crippen molar-refractivity contribution in [2.24, 2.45) is 0 Å². The van der Waals surface area contributed by atoms with Gasteiger partial charge >= 0.3 is 5.97 Å². The second-order valence-corrected chi connectivity index (χ2v) is 7.74. The molecule has 2 heterocycles. The number of rotatable bonds is 2. The number of hydrogen-bond acceptors (Lipinski definition) is 7. The first-order valence-electron chi connectivity index (χ1n) is 8.24. The van der Waals surface area contributed by atoms with Crippen molar-refractivity contribution in [1.29, 1.82) is 0 Å². The van der Waals surface area contributed by atoms with Crippen LogP contribution in [0.4, 0.5) is 0 Å². The van der Waals surface area contributed by atoms with Crippen molar-refractivity contribution in [1.82, 2.24) is 0 Å². The molecule has 0 amide bonds. The van der Waals surface area contributed by atoms with Crippen LogP contribution in [0.25, 0.3) is 0 Å². The number of ether oxygens (including phenoxy) is 5. The molecule has 0 spiro atoms. The zero-order chi connectivity index (χ0) is 17.9. The summed E-state index contributed by atoms with van der Waals surface area (Å²) in [6.07, 6.45) is -2.82. The van der Waals surface area contributed by atoms with E-state index in [1.165, 1.54) is 6.08 Å². The van der Waals surface area contributed by atoms with Gasteiger partial charge in [0, 0.05) is 6.08 Å². The molecule has 7 nitrogen and oxygen atoms in total. The van der Waals surface area contributed by atoms with Crippen molar-refractivity contribution in [3.63, 3.8) is 0 Å². The topological polar surface area (TPSA) is 83.5 Å². The molecule has 2 saturated heterocycles. The predicted octanol–water partition coefficient (Wildman–Crippen LogP) is 1.28. The second-order valence-electron chi connectivity index (χ2n) is 7.74. The molecular formula is C17H26O7. The summed E-state index contributed by atoms with van der Waals surface area (Å²) in [5.74, 6) is -2.24. The zero-order valence-corrected chi connectivity index (χ0v) is 14.9. The Balaban J connectivity index is 1.88. The summed E-state index contributed by atoms with van der Waals surface area (Å²) in [5.41, 5.74) is 0.810. The van der Waals surface area contributed by atoms with Gasteiger partial charge in [0.15, 0.2) is 17.7 Å². The molecule has 3 aliphatic rings. The predicted molar refractivity (Wildman–Crippen MR) is 83.0 cm³/mol. The molecule has 0 unspecified atom stereocenters. The third kappa shape index (κ3) is 3.23. The minimum Gasteiger partial charge on any atom is -0.453 e. The molecule has 0 radical (unpaired) electrons. The van der Waals surface area contributed by atoms with Gasteiger partial charge in [-0.25, -0.2) is 4.79 Å². The average molecular weight is 342 g/mol. The molecule has 2 aliphatic heterocycles. The number of esters is 1. The lowest BCUT2D eigenvalue weighted by molar-refractivity contribution is -0.196. The van der Waals surface area contributed by atoms with Gasteiger partial charge in [-0.15, -0.1) is 0 Å². The molecule has 3 rings (SSSR count). The highest BCUT2D eigenvalue weighted by atomic mass is 16.8. The van der Waals surface area contributed by atoms with Crippen molar-refractivity contribution in [2.45, 2.75) is 89.7 Å². The third-order valence-corrected chi connectivity index (χ3v) is 4.31. The van der Waals surface area contributed by atoms with E-state index in [9.17, 15) is 9.90 Å². The van der Waals surface area contributed by atoms with E-state index in [1.807, 2.05) is 0 Å². The molecular weight excluding hydrogens is 316 g/mol. The normalized spacial score (nSPS) is 42.1. The van der Waals surface area contributed by atoms with Crippen molar-refractivity contribution in [3.05, 3.63) is 11.6 Å². The highest BCUT2D eigenvalue weighted by Gasteiger charge is 2.64. The number of carbonyl (C=O) groups excluding carboxylic acids is 1. The Bertz CT molecular complexity index is 549. The first-order valence-corrected chi connectivity index (χ1v) is 8.24. The summed E-state index contributed by atoms with van der Waals surface area (Å²) in [4.78, 5) is 12.1. The van der Waals surface area contributed by atoms with Crippen LogP contribution in [0.5, 0.6) is 0 Å². The van der Waals surface area contributed by atoms with Gasteiger partial charge in [0.05, 0.1) is 0 Å². The second kappa shape index (κ2) is 5.78. The Morgan fingerprint density at radius 1 is 0.917 bits per heavy atom. The maximum atomic E-state index is 12.1. The van der Waals surface area contributed by atoms with E-state index < -0.39 is 54.2 Å². The minimum absolute atomic E-state index is 0.486. The van der Waals surface area contributed by atoms with Gasteiger partial charge in [0.2, 0.25) is 0 Å². The quantitative estimate of drug-likeness (QED) is 0.598. The molecule has 0 aromatic carbocycles. The minimum atomic E-state index is -1.06. The molecule has 1 N–H and O–H groups in total. The summed E-state index contributed by atoms with van der Waals surface area (Å²) in [6, 6.07) is 0. The Morgan fingerprint density at radius 2 is 1.38 bits per heavy atom. The molecule has 1 aliphatic carbocycles. The number of aliphatic hydroxyl groups is 1. The third-order valence-electron chi connectivity index (χ3n) is 4.31. The Hall–Kier alpha value is -0.990. The number of carbonyl (C=O) groups is 1. The van der Waals surface area contributed by atoms with Crippen LogP contribution in [-0.2, 0) is 28.5 Å². The molecule has 7 heteroatoms. The van der Waals surface area contributed by atoms with Crippen molar-refractivity contribution >= 4 is 5.97 Å². The molecule has 0 aromatic heterocycles. The maximum absolute atomic E-state index is 12.1. The first kappa shape index (κ1) is 17.8. The van der Waals surface area contributed by atoms with Crippen LogP contribution in [0.2, 0.25) is 0 Å². The molecule has 0 aromatic rings. The fourth-order valence-corrected chi connectivity index (χ4v) is 3.58. The van der Waals surface area contributed by atoms with Gasteiger partial charge in [-0.2, -0.15) is 0 Å². The summed E-state index contributed by atoms with van der Waals surface area (Å²) in [6.45, 7) is 10.7. The van der Waals surface area contributed by atoms with Crippen LogP contribution in [0.1, 0.15) is 41.5 Å². The van der Waals surface area contributed by atoms with E-state index in [-0.39, 0.29) is 0 Å².